The molecule has 1 N–H and O–H groups in total. The number of amides is 1. The molecular formula is C14H13N3O3. The Balaban J connectivity index is 1.85. The third kappa shape index (κ3) is 2.32. The lowest BCUT2D eigenvalue weighted by Crippen LogP contribution is -2.28. The van der Waals surface area contributed by atoms with Gasteiger partial charge in [0.2, 0.25) is 5.91 Å². The van der Waals surface area contributed by atoms with E-state index in [1.54, 1.807) is 18.2 Å². The third-order valence-corrected chi connectivity index (χ3v) is 3.61. The number of nitro groups is 1. The lowest BCUT2D eigenvalue weighted by molar-refractivity contribution is -0.384. The maximum Gasteiger partial charge on any atom is 0.270 e. The molecule has 1 aromatic heterocycles. The van der Waals surface area contributed by atoms with Crippen molar-refractivity contribution in [2.75, 3.05) is 5.32 Å². The van der Waals surface area contributed by atoms with Crippen molar-refractivity contribution < 1.29 is 9.72 Å². The fourth-order valence-electron chi connectivity index (χ4n) is 2.19. The highest BCUT2D eigenvalue weighted by Gasteiger charge is 2.25. The smallest absolute Gasteiger partial charge is 0.270 e. The molecule has 0 spiro atoms. The zero-order valence-electron chi connectivity index (χ0n) is 10.7. The van der Waals surface area contributed by atoms with Crippen LogP contribution in [-0.4, -0.2) is 15.8 Å². The predicted molar refractivity (Wildman–Crippen MR) is 74.4 cm³/mol. The molecule has 1 aromatic carbocycles. The maximum atomic E-state index is 11.8. The molecule has 1 saturated carbocycles. The van der Waals surface area contributed by atoms with E-state index < -0.39 is 4.92 Å². The number of rotatable bonds is 3. The van der Waals surface area contributed by atoms with Gasteiger partial charge in [0.15, 0.2) is 0 Å². The van der Waals surface area contributed by atoms with Gasteiger partial charge < -0.3 is 5.32 Å². The minimum atomic E-state index is -0.439. The quantitative estimate of drug-likeness (QED) is 0.687. The van der Waals surface area contributed by atoms with E-state index in [1.165, 1.54) is 12.1 Å². The Hall–Kier alpha value is -2.50. The molecule has 0 bridgehead atoms. The van der Waals surface area contributed by atoms with E-state index in [2.05, 4.69) is 10.3 Å². The van der Waals surface area contributed by atoms with Gasteiger partial charge in [0.25, 0.3) is 5.69 Å². The molecule has 6 heteroatoms. The normalized spacial score (nSPS) is 14.8. The zero-order valence-corrected chi connectivity index (χ0v) is 10.7. The van der Waals surface area contributed by atoms with Crippen molar-refractivity contribution in [3.05, 3.63) is 40.4 Å². The number of hydrogen-bond acceptors (Lipinski definition) is 4. The predicted octanol–water partition coefficient (Wildman–Crippen LogP) is 2.88. The van der Waals surface area contributed by atoms with Gasteiger partial charge in [-0.2, -0.15) is 0 Å². The molecule has 0 radical (unpaired) electrons. The van der Waals surface area contributed by atoms with Crippen molar-refractivity contribution in [2.24, 2.45) is 5.92 Å². The van der Waals surface area contributed by atoms with Crippen molar-refractivity contribution in [2.45, 2.75) is 19.3 Å². The van der Waals surface area contributed by atoms with Crippen LogP contribution in [0.4, 0.5) is 11.5 Å². The topological polar surface area (TPSA) is 85.1 Å². The number of nitrogens with one attached hydrogen (secondary N) is 1. The average Bonchev–Trinajstić information content (AvgIpc) is 2.35. The first-order valence-electron chi connectivity index (χ1n) is 6.49. The van der Waals surface area contributed by atoms with Crippen LogP contribution < -0.4 is 5.32 Å². The van der Waals surface area contributed by atoms with Gasteiger partial charge in [0.1, 0.15) is 5.82 Å². The number of fused-ring (bicyclic) bond motifs is 1. The molecule has 2 aromatic rings. The Bertz CT molecular complexity index is 695. The fraction of sp³-hybridized carbons (Fsp3) is 0.286. The molecule has 0 atom stereocenters. The SMILES string of the molecule is O=C(Nc1ccc2cc([N+](=O)[O-])ccc2n1)C1CCC1. The molecule has 0 aliphatic heterocycles. The molecule has 0 unspecified atom stereocenters. The van der Waals surface area contributed by atoms with E-state index in [9.17, 15) is 14.9 Å². The zero-order chi connectivity index (χ0) is 14.1. The molecule has 1 aliphatic rings. The first kappa shape index (κ1) is 12.5. The summed E-state index contributed by atoms with van der Waals surface area (Å²) in [5, 5.41) is 14.2. The highest BCUT2D eigenvalue weighted by Crippen LogP contribution is 2.28. The summed E-state index contributed by atoms with van der Waals surface area (Å²) in [6.07, 6.45) is 2.98. The van der Waals surface area contributed by atoms with Gasteiger partial charge in [-0.15, -0.1) is 0 Å². The van der Waals surface area contributed by atoms with Crippen LogP contribution in [0.1, 0.15) is 19.3 Å². The number of non-ortho nitro benzene ring substituents is 1. The maximum absolute atomic E-state index is 11.8. The molecular weight excluding hydrogens is 258 g/mol. The first-order valence-corrected chi connectivity index (χ1v) is 6.49. The third-order valence-electron chi connectivity index (χ3n) is 3.61. The number of pyridine rings is 1. The summed E-state index contributed by atoms with van der Waals surface area (Å²) < 4.78 is 0. The van der Waals surface area contributed by atoms with E-state index in [0.29, 0.717) is 16.7 Å². The molecule has 102 valence electrons. The van der Waals surface area contributed by atoms with Crippen molar-refractivity contribution in [1.82, 2.24) is 4.98 Å². The monoisotopic (exact) mass is 271 g/mol. The van der Waals surface area contributed by atoms with Crippen LogP contribution in [0.2, 0.25) is 0 Å². The van der Waals surface area contributed by atoms with Gasteiger partial charge in [-0.1, -0.05) is 6.42 Å². The molecule has 0 saturated heterocycles. The fourth-order valence-corrected chi connectivity index (χ4v) is 2.19. The summed E-state index contributed by atoms with van der Waals surface area (Å²) in [6, 6.07) is 7.87. The summed E-state index contributed by atoms with van der Waals surface area (Å²) in [4.78, 5) is 26.4. The van der Waals surface area contributed by atoms with Crippen LogP contribution in [0.25, 0.3) is 10.9 Å². The number of nitro benzene ring substituents is 1. The molecule has 1 heterocycles. The van der Waals surface area contributed by atoms with E-state index >= 15 is 0 Å². The summed E-state index contributed by atoms with van der Waals surface area (Å²) in [7, 11) is 0. The van der Waals surface area contributed by atoms with Crippen molar-refractivity contribution >= 4 is 28.3 Å². The highest BCUT2D eigenvalue weighted by atomic mass is 16.6. The number of carbonyl (C=O) groups is 1. The Kier molecular flexibility index (Phi) is 3.06. The summed E-state index contributed by atoms with van der Waals surface area (Å²) in [6.45, 7) is 0. The second-order valence-corrected chi connectivity index (χ2v) is 4.95. The van der Waals surface area contributed by atoms with Gasteiger partial charge in [-0.3, -0.25) is 14.9 Å². The molecule has 1 fully saturated rings. The number of aromatic nitrogens is 1. The Labute approximate surface area is 115 Å². The summed E-state index contributed by atoms with van der Waals surface area (Å²) in [5.41, 5.74) is 0.660. The average molecular weight is 271 g/mol. The first-order chi connectivity index (χ1) is 9.63. The largest absolute Gasteiger partial charge is 0.310 e. The molecule has 6 nitrogen and oxygen atoms in total. The van der Waals surface area contributed by atoms with Crippen molar-refractivity contribution in [1.29, 1.82) is 0 Å². The van der Waals surface area contributed by atoms with Crippen LogP contribution >= 0.6 is 0 Å². The second kappa shape index (κ2) is 4.88. The minimum Gasteiger partial charge on any atom is -0.310 e. The van der Waals surface area contributed by atoms with Gasteiger partial charge in [0.05, 0.1) is 10.4 Å². The molecule has 20 heavy (non-hydrogen) atoms. The second-order valence-electron chi connectivity index (χ2n) is 4.95. The highest BCUT2D eigenvalue weighted by molar-refractivity contribution is 5.93. The van der Waals surface area contributed by atoms with Crippen LogP contribution in [0.3, 0.4) is 0 Å². The number of anilines is 1. The van der Waals surface area contributed by atoms with Crippen LogP contribution in [-0.2, 0) is 4.79 Å². The van der Waals surface area contributed by atoms with Gasteiger partial charge in [-0.25, -0.2) is 4.98 Å². The van der Waals surface area contributed by atoms with Gasteiger partial charge in [-0.05, 0) is 31.0 Å². The number of nitrogens with zero attached hydrogens (tertiary/aromatic N) is 2. The van der Waals surface area contributed by atoms with Crippen LogP contribution in [0, 0.1) is 16.0 Å². The summed E-state index contributed by atoms with van der Waals surface area (Å²) in [5.74, 6) is 0.595. The van der Waals surface area contributed by atoms with Crippen molar-refractivity contribution in [3.8, 4) is 0 Å². The lowest BCUT2D eigenvalue weighted by Gasteiger charge is -2.23. The molecule has 1 amide bonds. The number of benzene rings is 1. The Morgan fingerprint density at radius 2 is 2.10 bits per heavy atom. The van der Waals surface area contributed by atoms with E-state index in [1.807, 2.05) is 0 Å². The molecule has 1 aliphatic carbocycles. The van der Waals surface area contributed by atoms with Crippen LogP contribution in [0.15, 0.2) is 30.3 Å². The van der Waals surface area contributed by atoms with Gasteiger partial charge >= 0.3 is 0 Å². The van der Waals surface area contributed by atoms with Crippen molar-refractivity contribution in [3.63, 3.8) is 0 Å². The number of hydrogen-bond donors (Lipinski definition) is 1. The lowest BCUT2D eigenvalue weighted by atomic mass is 9.85. The minimum absolute atomic E-state index is 0.00464. The Morgan fingerprint density at radius 3 is 2.75 bits per heavy atom. The van der Waals surface area contributed by atoms with Crippen LogP contribution in [0.5, 0.6) is 0 Å². The molecule has 3 rings (SSSR count). The number of carbonyl (C=O) groups excluding carboxylic acids is 1. The standard InChI is InChI=1S/C14H13N3O3/c18-14(9-2-1-3-9)16-13-7-4-10-8-11(17(19)20)5-6-12(10)15-13/h4-9H,1-3H2,(H,15,16,18). The summed E-state index contributed by atoms with van der Waals surface area (Å²) >= 11 is 0. The van der Waals surface area contributed by atoms with E-state index in [4.69, 9.17) is 0 Å². The van der Waals surface area contributed by atoms with E-state index in [-0.39, 0.29) is 17.5 Å². The van der Waals surface area contributed by atoms with E-state index in [0.717, 1.165) is 19.3 Å². The van der Waals surface area contributed by atoms with Gasteiger partial charge in [0, 0.05) is 23.4 Å². The Morgan fingerprint density at radius 1 is 1.30 bits per heavy atom.